The van der Waals surface area contributed by atoms with Crippen LogP contribution in [-0.2, 0) is 11.3 Å². The number of rotatable bonds is 6. The number of nitrogens with two attached hydrogens (primary N) is 1. The second-order valence-corrected chi connectivity index (χ2v) is 8.46. The molecule has 0 saturated carbocycles. The molecular formula is C19H24ClN3OS. The van der Waals surface area contributed by atoms with Gasteiger partial charge in [-0.3, -0.25) is 9.69 Å². The van der Waals surface area contributed by atoms with Crippen LogP contribution in [0.3, 0.4) is 0 Å². The van der Waals surface area contributed by atoms with Crippen molar-refractivity contribution < 1.29 is 4.79 Å². The third-order valence-corrected chi connectivity index (χ3v) is 6.07. The van der Waals surface area contributed by atoms with E-state index in [2.05, 4.69) is 29.2 Å². The van der Waals surface area contributed by atoms with Crippen molar-refractivity contribution in [2.75, 3.05) is 33.2 Å². The van der Waals surface area contributed by atoms with Crippen LogP contribution >= 0.6 is 22.9 Å². The van der Waals surface area contributed by atoms with Crippen molar-refractivity contribution in [1.29, 1.82) is 0 Å². The van der Waals surface area contributed by atoms with Crippen LogP contribution < -0.4 is 5.73 Å². The Morgan fingerprint density at radius 3 is 2.68 bits per heavy atom. The van der Waals surface area contributed by atoms with Gasteiger partial charge in [0.15, 0.2) is 0 Å². The first-order valence-electron chi connectivity index (χ1n) is 8.52. The third-order valence-electron chi connectivity index (χ3n) is 4.85. The highest BCUT2D eigenvalue weighted by Crippen LogP contribution is 2.32. The number of thiophene rings is 1. The molecule has 1 aliphatic heterocycles. The van der Waals surface area contributed by atoms with Crippen LogP contribution in [0.15, 0.2) is 42.5 Å². The topological polar surface area (TPSA) is 49.6 Å². The number of carbonyl (C=O) groups excluding carboxylic acids is 1. The molecule has 0 unspecified atom stereocenters. The molecule has 1 aromatic carbocycles. The van der Waals surface area contributed by atoms with E-state index in [9.17, 15) is 4.79 Å². The third kappa shape index (κ3) is 4.61. The minimum absolute atomic E-state index is 0.133. The van der Waals surface area contributed by atoms with E-state index in [-0.39, 0.29) is 5.91 Å². The Bertz CT molecular complexity index is 706. The number of likely N-dealkylation sites (N-methyl/N-ethyl adjacent to an activating group) is 1. The molecule has 2 atom stereocenters. The van der Waals surface area contributed by atoms with Crippen LogP contribution in [0.1, 0.15) is 16.4 Å². The van der Waals surface area contributed by atoms with Crippen LogP contribution in [0.4, 0.5) is 0 Å². The molecule has 0 spiro atoms. The molecule has 4 nitrogen and oxygen atoms in total. The van der Waals surface area contributed by atoms with Crippen molar-refractivity contribution in [2.45, 2.75) is 12.5 Å². The van der Waals surface area contributed by atoms with E-state index in [0.717, 1.165) is 22.3 Å². The quantitative estimate of drug-likeness (QED) is 0.841. The molecule has 1 fully saturated rings. The number of hydrogen-bond donors (Lipinski definition) is 1. The van der Waals surface area contributed by atoms with E-state index in [1.165, 1.54) is 16.9 Å². The SMILES string of the molecule is CN(Cc1ccc(Cl)s1)C(=O)CN1C[C@@H](CN)[C@H](c2ccccc2)C1. The fourth-order valence-corrected chi connectivity index (χ4v) is 4.62. The number of benzene rings is 1. The standard InChI is InChI=1S/C19H24ClN3OS/c1-22(11-16-7-8-18(20)25-16)19(24)13-23-10-15(9-21)17(12-23)14-5-3-2-4-6-14/h2-8,15,17H,9-13,21H2,1H3/t15-,17+/m1/s1. The molecule has 6 heteroatoms. The molecule has 134 valence electrons. The van der Waals surface area contributed by atoms with E-state index in [1.54, 1.807) is 4.90 Å². The molecule has 0 radical (unpaired) electrons. The van der Waals surface area contributed by atoms with Crippen LogP contribution in [0.2, 0.25) is 4.34 Å². The number of hydrogen-bond acceptors (Lipinski definition) is 4. The lowest BCUT2D eigenvalue weighted by Gasteiger charge is -2.21. The molecule has 1 saturated heterocycles. The zero-order chi connectivity index (χ0) is 17.8. The van der Waals surface area contributed by atoms with Gasteiger partial charge in [-0.2, -0.15) is 0 Å². The van der Waals surface area contributed by atoms with Gasteiger partial charge >= 0.3 is 0 Å². The zero-order valence-electron chi connectivity index (χ0n) is 14.4. The Labute approximate surface area is 158 Å². The average molecular weight is 378 g/mol. The van der Waals surface area contributed by atoms with Gasteiger partial charge in [0, 0.05) is 30.9 Å². The second kappa shape index (κ2) is 8.32. The molecule has 0 aliphatic carbocycles. The van der Waals surface area contributed by atoms with E-state index < -0.39 is 0 Å². The normalized spacial score (nSPS) is 20.8. The lowest BCUT2D eigenvalue weighted by atomic mass is 9.89. The second-order valence-electron chi connectivity index (χ2n) is 6.66. The molecule has 2 aromatic rings. The number of likely N-dealkylation sites (tertiary alicyclic amines) is 1. The average Bonchev–Trinajstić information content (AvgIpc) is 3.21. The highest BCUT2D eigenvalue weighted by Gasteiger charge is 2.33. The molecule has 3 rings (SSSR count). The predicted molar refractivity (Wildman–Crippen MR) is 104 cm³/mol. The molecule has 2 N–H and O–H groups in total. The number of amides is 1. The van der Waals surface area contributed by atoms with Gasteiger partial charge in [0.05, 0.1) is 17.4 Å². The predicted octanol–water partition coefficient (Wildman–Crippen LogP) is 3.03. The maximum atomic E-state index is 12.6. The van der Waals surface area contributed by atoms with E-state index >= 15 is 0 Å². The first kappa shape index (κ1) is 18.4. The van der Waals surface area contributed by atoms with Crippen LogP contribution in [-0.4, -0.2) is 48.9 Å². The maximum absolute atomic E-state index is 12.6. The van der Waals surface area contributed by atoms with E-state index in [4.69, 9.17) is 17.3 Å². The van der Waals surface area contributed by atoms with Gasteiger partial charge in [0.2, 0.25) is 5.91 Å². The largest absolute Gasteiger partial charge is 0.340 e. The van der Waals surface area contributed by atoms with Gasteiger partial charge in [-0.1, -0.05) is 41.9 Å². The Morgan fingerprint density at radius 2 is 2.04 bits per heavy atom. The molecule has 1 amide bonds. The van der Waals surface area contributed by atoms with E-state index in [0.29, 0.717) is 31.5 Å². The Morgan fingerprint density at radius 1 is 1.28 bits per heavy atom. The summed E-state index contributed by atoms with van der Waals surface area (Å²) in [7, 11) is 1.85. The molecule has 1 aromatic heterocycles. The smallest absolute Gasteiger partial charge is 0.236 e. The summed E-state index contributed by atoms with van der Waals surface area (Å²) in [4.78, 5) is 17.7. The summed E-state index contributed by atoms with van der Waals surface area (Å²) in [6.07, 6.45) is 0. The molecule has 0 bridgehead atoms. The summed E-state index contributed by atoms with van der Waals surface area (Å²) in [5.74, 6) is 0.936. The van der Waals surface area contributed by atoms with Gasteiger partial charge < -0.3 is 10.6 Å². The summed E-state index contributed by atoms with van der Waals surface area (Å²) < 4.78 is 0.756. The highest BCUT2D eigenvalue weighted by atomic mass is 35.5. The first-order valence-corrected chi connectivity index (χ1v) is 9.72. The summed E-state index contributed by atoms with van der Waals surface area (Å²) in [6.45, 7) is 3.45. The van der Waals surface area contributed by atoms with Crippen LogP contribution in [0.25, 0.3) is 0 Å². The van der Waals surface area contributed by atoms with E-state index in [1.807, 2.05) is 25.2 Å². The van der Waals surface area contributed by atoms with Crippen molar-refractivity contribution in [3.63, 3.8) is 0 Å². The van der Waals surface area contributed by atoms with Crippen molar-refractivity contribution >= 4 is 28.8 Å². The van der Waals surface area contributed by atoms with Gasteiger partial charge in [-0.15, -0.1) is 11.3 Å². The van der Waals surface area contributed by atoms with Crippen molar-refractivity contribution in [1.82, 2.24) is 9.80 Å². The minimum Gasteiger partial charge on any atom is -0.340 e. The summed E-state index contributed by atoms with van der Waals surface area (Å²) in [5.41, 5.74) is 7.30. The maximum Gasteiger partial charge on any atom is 0.236 e. The van der Waals surface area contributed by atoms with Crippen molar-refractivity contribution in [3.8, 4) is 0 Å². The van der Waals surface area contributed by atoms with Gasteiger partial charge in [-0.05, 0) is 30.2 Å². The zero-order valence-corrected chi connectivity index (χ0v) is 16.0. The number of halogens is 1. The van der Waals surface area contributed by atoms with Gasteiger partial charge in [0.25, 0.3) is 0 Å². The van der Waals surface area contributed by atoms with Crippen molar-refractivity contribution in [2.24, 2.45) is 11.7 Å². The monoisotopic (exact) mass is 377 g/mol. The molecule has 2 heterocycles. The lowest BCUT2D eigenvalue weighted by Crippen LogP contribution is -2.37. The highest BCUT2D eigenvalue weighted by molar-refractivity contribution is 7.16. The summed E-state index contributed by atoms with van der Waals surface area (Å²) in [6, 6.07) is 14.3. The minimum atomic E-state index is 0.133. The number of nitrogens with zero attached hydrogens (tertiary/aromatic N) is 2. The first-order chi connectivity index (χ1) is 12.1. The fraction of sp³-hybridized carbons (Fsp3) is 0.421. The molecule has 25 heavy (non-hydrogen) atoms. The van der Waals surface area contributed by atoms with Crippen LogP contribution in [0, 0.1) is 5.92 Å². The molecule has 1 aliphatic rings. The van der Waals surface area contributed by atoms with Gasteiger partial charge in [-0.25, -0.2) is 0 Å². The Kier molecular flexibility index (Phi) is 6.12. The Balaban J connectivity index is 1.58. The van der Waals surface area contributed by atoms with Crippen LogP contribution in [0.5, 0.6) is 0 Å². The Hall–Kier alpha value is -1.40. The number of carbonyl (C=O) groups is 1. The molecular weight excluding hydrogens is 354 g/mol. The lowest BCUT2D eigenvalue weighted by molar-refractivity contribution is -0.131. The fourth-order valence-electron chi connectivity index (χ4n) is 3.48. The van der Waals surface area contributed by atoms with Crippen molar-refractivity contribution in [3.05, 3.63) is 57.2 Å². The summed E-state index contributed by atoms with van der Waals surface area (Å²) in [5, 5.41) is 0. The summed E-state index contributed by atoms with van der Waals surface area (Å²) >= 11 is 7.48. The van der Waals surface area contributed by atoms with Gasteiger partial charge in [0.1, 0.15) is 0 Å².